The Labute approximate surface area is 268 Å². The van der Waals surface area contributed by atoms with Gasteiger partial charge in [-0.15, -0.1) is 0 Å². The second-order valence-electron chi connectivity index (χ2n) is 11.9. The monoisotopic (exact) mass is 614 g/mol. The number of carbonyl (C=O) groups excluding carboxylic acids is 2. The van der Waals surface area contributed by atoms with E-state index in [1.807, 2.05) is 12.2 Å². The van der Waals surface area contributed by atoms with Gasteiger partial charge in [0.25, 0.3) is 0 Å². The van der Waals surface area contributed by atoms with Crippen LogP contribution in [0.3, 0.4) is 0 Å². The summed E-state index contributed by atoms with van der Waals surface area (Å²) in [4.78, 5) is 23.8. The Morgan fingerprint density at radius 1 is 0.682 bits per heavy atom. The van der Waals surface area contributed by atoms with Crippen LogP contribution < -0.4 is 0 Å². The van der Waals surface area contributed by atoms with E-state index in [1.165, 1.54) is 32.1 Å². The molecule has 250 valence electrons. The highest BCUT2D eigenvalue weighted by molar-refractivity contribution is 5.70. The molecule has 0 radical (unpaired) electrons. The number of hydrogen-bond donors (Lipinski definition) is 1. The zero-order valence-electron chi connectivity index (χ0n) is 28.0. The smallest absolute Gasteiger partial charge is 0.306 e. The maximum Gasteiger partial charge on any atom is 0.306 e. The van der Waals surface area contributed by atoms with Gasteiger partial charge in [0, 0.05) is 12.8 Å². The molecular weight excluding hydrogens is 552 g/mol. The molecule has 0 bridgehead atoms. The first-order valence-electron chi connectivity index (χ1n) is 17.4. The van der Waals surface area contributed by atoms with Crippen molar-refractivity contribution in [1.29, 1.82) is 0 Å². The number of rotatable bonds is 28. The molecule has 6 heteroatoms. The minimum absolute atomic E-state index is 0.145. The Hall–Kier alpha value is -2.44. The molecule has 0 amide bonds. The number of epoxide rings is 1. The van der Waals surface area contributed by atoms with Crippen LogP contribution in [0, 0.1) is 5.92 Å². The summed E-state index contributed by atoms with van der Waals surface area (Å²) in [7, 11) is 0. The lowest BCUT2D eigenvalue weighted by Gasteiger charge is -2.12. The Kier molecular flexibility index (Phi) is 25.2. The second kappa shape index (κ2) is 28.1. The van der Waals surface area contributed by atoms with Gasteiger partial charge in [-0.3, -0.25) is 9.59 Å². The lowest BCUT2D eigenvalue weighted by Crippen LogP contribution is -2.25. The van der Waals surface area contributed by atoms with Crippen LogP contribution in [0.15, 0.2) is 60.8 Å². The van der Waals surface area contributed by atoms with Crippen molar-refractivity contribution in [3.8, 4) is 0 Å². The summed E-state index contributed by atoms with van der Waals surface area (Å²) in [5.74, 6) is 0.146. The SMILES string of the molecule is CC/C=C\CC1OC1C/C=C\C/C=C\C/C=C\C/C=C\CCC(=O)OC[C@@H](O)COC(=O)CCCCCCCCC(C)CC. The zero-order valence-corrected chi connectivity index (χ0v) is 28.0. The van der Waals surface area contributed by atoms with Gasteiger partial charge in [-0.25, -0.2) is 0 Å². The molecule has 1 N–H and O–H groups in total. The van der Waals surface area contributed by atoms with Crippen LogP contribution in [0.1, 0.15) is 130 Å². The van der Waals surface area contributed by atoms with Gasteiger partial charge < -0.3 is 19.3 Å². The van der Waals surface area contributed by atoms with Crippen LogP contribution in [0.5, 0.6) is 0 Å². The number of aliphatic hydroxyl groups excluding tert-OH is 1. The summed E-state index contributed by atoms with van der Waals surface area (Å²) in [6.45, 7) is 6.39. The second-order valence-corrected chi connectivity index (χ2v) is 11.9. The van der Waals surface area contributed by atoms with Crippen molar-refractivity contribution in [2.75, 3.05) is 13.2 Å². The average Bonchev–Trinajstić information content (AvgIpc) is 3.78. The summed E-state index contributed by atoms with van der Waals surface area (Å²) in [5, 5.41) is 9.95. The Morgan fingerprint density at radius 2 is 1.18 bits per heavy atom. The van der Waals surface area contributed by atoms with Crippen molar-refractivity contribution in [1.82, 2.24) is 0 Å². The minimum atomic E-state index is -0.998. The van der Waals surface area contributed by atoms with Crippen molar-refractivity contribution >= 4 is 11.9 Å². The van der Waals surface area contributed by atoms with Crippen molar-refractivity contribution in [3.05, 3.63) is 60.8 Å². The third kappa shape index (κ3) is 24.9. The van der Waals surface area contributed by atoms with E-state index in [0.29, 0.717) is 25.0 Å². The standard InChI is InChI=1S/C38H62O6/c1-4-6-21-27-35-36(44-35)28-23-18-13-11-9-7-8-10-12-14-19-24-29-37(40)42-31-34(39)32-43-38(41)30-25-20-16-15-17-22-26-33(3)5-2/h6,8-11,14,18-19,21,23,33-36,39H,4-5,7,12-13,15-17,20,22,24-32H2,1-3H3/b10-8-,11-9-,19-14-,21-6-,23-18-/t33?,34-,35?,36?/m1/s1. The number of allylic oxidation sites excluding steroid dienone is 8. The Morgan fingerprint density at radius 3 is 1.77 bits per heavy atom. The van der Waals surface area contributed by atoms with Crippen LogP contribution in [-0.2, 0) is 23.8 Å². The number of aliphatic hydroxyl groups is 1. The predicted octanol–water partition coefficient (Wildman–Crippen LogP) is 9.29. The molecular formula is C38H62O6. The van der Waals surface area contributed by atoms with Crippen molar-refractivity contribution in [3.63, 3.8) is 0 Å². The first-order valence-corrected chi connectivity index (χ1v) is 17.4. The van der Waals surface area contributed by atoms with Crippen molar-refractivity contribution < 1.29 is 28.9 Å². The van der Waals surface area contributed by atoms with Crippen LogP contribution in [0.2, 0.25) is 0 Å². The maximum absolute atomic E-state index is 11.9. The molecule has 1 aliphatic heterocycles. The van der Waals surface area contributed by atoms with Crippen LogP contribution >= 0.6 is 0 Å². The third-order valence-corrected chi connectivity index (χ3v) is 7.72. The molecule has 6 nitrogen and oxygen atoms in total. The van der Waals surface area contributed by atoms with Gasteiger partial charge in [-0.2, -0.15) is 0 Å². The maximum atomic E-state index is 11.9. The van der Waals surface area contributed by atoms with Gasteiger partial charge in [-0.05, 0) is 57.3 Å². The number of esters is 2. The number of carbonyl (C=O) groups is 2. The van der Waals surface area contributed by atoms with Crippen LogP contribution in [0.25, 0.3) is 0 Å². The first-order chi connectivity index (χ1) is 21.5. The molecule has 0 aliphatic carbocycles. The fraction of sp³-hybridized carbons (Fsp3) is 0.684. The number of ether oxygens (including phenoxy) is 3. The van der Waals surface area contributed by atoms with E-state index in [9.17, 15) is 14.7 Å². The van der Waals surface area contributed by atoms with E-state index >= 15 is 0 Å². The Balaban J connectivity index is 1.92. The molecule has 1 saturated heterocycles. The molecule has 1 fully saturated rings. The fourth-order valence-corrected chi connectivity index (χ4v) is 4.60. The highest BCUT2D eigenvalue weighted by Crippen LogP contribution is 2.29. The lowest BCUT2D eigenvalue weighted by molar-refractivity contribution is -0.152. The normalized spacial score (nSPS) is 18.3. The highest BCUT2D eigenvalue weighted by Gasteiger charge is 2.35. The minimum Gasteiger partial charge on any atom is -0.463 e. The van der Waals surface area contributed by atoms with Gasteiger partial charge in [0.1, 0.15) is 19.3 Å². The average molecular weight is 615 g/mol. The van der Waals surface area contributed by atoms with E-state index in [1.54, 1.807) is 0 Å². The summed E-state index contributed by atoms with van der Waals surface area (Å²) in [6.07, 6.45) is 37.5. The van der Waals surface area contributed by atoms with Gasteiger partial charge in [-0.1, -0.05) is 126 Å². The zero-order chi connectivity index (χ0) is 32.1. The van der Waals surface area contributed by atoms with Crippen LogP contribution in [0.4, 0.5) is 0 Å². The molecule has 44 heavy (non-hydrogen) atoms. The topological polar surface area (TPSA) is 85.4 Å². The van der Waals surface area contributed by atoms with Gasteiger partial charge in [0.15, 0.2) is 0 Å². The molecule has 1 heterocycles. The molecule has 4 atom stereocenters. The molecule has 3 unspecified atom stereocenters. The molecule has 0 aromatic rings. The van der Waals surface area contributed by atoms with E-state index in [0.717, 1.165) is 63.7 Å². The largest absolute Gasteiger partial charge is 0.463 e. The third-order valence-electron chi connectivity index (χ3n) is 7.72. The predicted molar refractivity (Wildman–Crippen MR) is 181 cm³/mol. The molecule has 0 spiro atoms. The molecule has 0 saturated carbocycles. The quantitative estimate of drug-likeness (QED) is 0.0409. The summed E-state index contributed by atoms with van der Waals surface area (Å²) in [6, 6.07) is 0. The lowest BCUT2D eigenvalue weighted by atomic mass is 10.00. The molecule has 0 aromatic heterocycles. The van der Waals surface area contributed by atoms with Gasteiger partial charge in [0.2, 0.25) is 0 Å². The van der Waals surface area contributed by atoms with Crippen molar-refractivity contribution in [2.45, 2.75) is 148 Å². The number of unbranched alkanes of at least 4 members (excludes halogenated alkanes) is 5. The Bertz CT molecular complexity index is 871. The van der Waals surface area contributed by atoms with E-state index in [4.69, 9.17) is 14.2 Å². The molecule has 1 rings (SSSR count). The summed E-state index contributed by atoms with van der Waals surface area (Å²) < 4.78 is 15.9. The first kappa shape index (κ1) is 39.6. The number of hydrogen-bond acceptors (Lipinski definition) is 6. The summed E-state index contributed by atoms with van der Waals surface area (Å²) >= 11 is 0. The van der Waals surface area contributed by atoms with Crippen LogP contribution in [-0.4, -0.2) is 48.6 Å². The van der Waals surface area contributed by atoms with E-state index in [-0.39, 0.29) is 31.6 Å². The molecule has 1 aliphatic rings. The van der Waals surface area contributed by atoms with E-state index < -0.39 is 6.10 Å². The van der Waals surface area contributed by atoms with E-state index in [2.05, 4.69) is 69.4 Å². The van der Waals surface area contributed by atoms with Crippen molar-refractivity contribution in [2.24, 2.45) is 5.92 Å². The molecule has 0 aromatic carbocycles. The highest BCUT2D eigenvalue weighted by atomic mass is 16.6. The van der Waals surface area contributed by atoms with Gasteiger partial charge in [0.05, 0.1) is 12.2 Å². The van der Waals surface area contributed by atoms with Gasteiger partial charge >= 0.3 is 11.9 Å². The summed E-state index contributed by atoms with van der Waals surface area (Å²) in [5.41, 5.74) is 0. The fourth-order valence-electron chi connectivity index (χ4n) is 4.60.